The number of ether oxygens (including phenoxy) is 3. The summed E-state index contributed by atoms with van der Waals surface area (Å²) in [5.41, 5.74) is 2.11. The van der Waals surface area contributed by atoms with Crippen LogP contribution in [0.5, 0.6) is 17.2 Å². The van der Waals surface area contributed by atoms with Crippen molar-refractivity contribution >= 4 is 29.3 Å². The average Bonchev–Trinajstić information content (AvgIpc) is 3.22. The van der Waals surface area contributed by atoms with Crippen LogP contribution in [-0.4, -0.2) is 43.2 Å². The van der Waals surface area contributed by atoms with Crippen LogP contribution in [0.1, 0.15) is 36.3 Å². The molecule has 2 aromatic rings. The first kappa shape index (κ1) is 22.6. The van der Waals surface area contributed by atoms with Crippen LogP contribution in [0.2, 0.25) is 5.02 Å². The number of aliphatic carboxylic acids is 1. The van der Waals surface area contributed by atoms with Crippen molar-refractivity contribution in [2.75, 3.05) is 26.1 Å². The van der Waals surface area contributed by atoms with E-state index in [1.807, 2.05) is 18.2 Å². The summed E-state index contributed by atoms with van der Waals surface area (Å²) in [7, 11) is 1.55. The van der Waals surface area contributed by atoms with Gasteiger partial charge in [0.05, 0.1) is 17.5 Å². The summed E-state index contributed by atoms with van der Waals surface area (Å²) in [6.07, 6.45) is 0. The zero-order valence-electron chi connectivity index (χ0n) is 17.2. The van der Waals surface area contributed by atoms with Gasteiger partial charge in [-0.1, -0.05) is 37.6 Å². The Kier molecular flexibility index (Phi) is 7.75. The molecule has 8 heteroatoms. The lowest BCUT2D eigenvalue weighted by Crippen LogP contribution is -2.33. The molecule has 0 saturated carbocycles. The van der Waals surface area contributed by atoms with Crippen molar-refractivity contribution in [1.29, 1.82) is 0 Å². The standard InChI is InChI=1S/C22H26ClNO5S/c1-13(2)14-4-6-16(7-5-14)28-8-9-29-20-17(23)10-15(11-19(20)27-3)21-24-18(12-30-21)22(25)26/h4-7,10-11,13,18,21,24H,8-9,12H2,1-3H3,(H,25,26). The Morgan fingerprint density at radius 2 is 1.93 bits per heavy atom. The summed E-state index contributed by atoms with van der Waals surface area (Å²) >= 11 is 7.95. The Labute approximate surface area is 185 Å². The van der Waals surface area contributed by atoms with Gasteiger partial charge in [0.15, 0.2) is 11.5 Å². The van der Waals surface area contributed by atoms with Crippen LogP contribution in [-0.2, 0) is 4.79 Å². The van der Waals surface area contributed by atoms with E-state index in [4.69, 9.17) is 30.9 Å². The van der Waals surface area contributed by atoms with Gasteiger partial charge >= 0.3 is 5.97 Å². The van der Waals surface area contributed by atoms with Crippen LogP contribution < -0.4 is 19.5 Å². The molecule has 30 heavy (non-hydrogen) atoms. The highest BCUT2D eigenvalue weighted by molar-refractivity contribution is 7.99. The van der Waals surface area contributed by atoms with Crippen LogP contribution in [0.25, 0.3) is 0 Å². The number of halogens is 1. The minimum absolute atomic E-state index is 0.163. The van der Waals surface area contributed by atoms with E-state index in [0.717, 1.165) is 11.3 Å². The van der Waals surface area contributed by atoms with E-state index in [1.165, 1.54) is 17.3 Å². The molecular formula is C22H26ClNO5S. The van der Waals surface area contributed by atoms with Gasteiger partial charge in [0.2, 0.25) is 0 Å². The summed E-state index contributed by atoms with van der Waals surface area (Å²) in [5, 5.41) is 12.5. The molecule has 1 fully saturated rings. The van der Waals surface area contributed by atoms with E-state index < -0.39 is 12.0 Å². The molecule has 3 rings (SSSR count). The number of methoxy groups -OCH3 is 1. The fourth-order valence-electron chi connectivity index (χ4n) is 3.09. The van der Waals surface area contributed by atoms with Crippen LogP contribution in [0, 0.1) is 0 Å². The van der Waals surface area contributed by atoms with Gasteiger partial charge < -0.3 is 19.3 Å². The monoisotopic (exact) mass is 451 g/mol. The largest absolute Gasteiger partial charge is 0.493 e. The lowest BCUT2D eigenvalue weighted by atomic mass is 10.0. The highest BCUT2D eigenvalue weighted by Crippen LogP contribution is 2.41. The quantitative estimate of drug-likeness (QED) is 0.534. The van der Waals surface area contributed by atoms with Crippen molar-refractivity contribution in [3.05, 3.63) is 52.5 Å². The highest BCUT2D eigenvalue weighted by Gasteiger charge is 2.31. The summed E-state index contributed by atoms with van der Waals surface area (Å²) in [6.45, 7) is 4.97. The fraction of sp³-hybridized carbons (Fsp3) is 0.409. The first-order chi connectivity index (χ1) is 14.4. The maximum absolute atomic E-state index is 11.2. The zero-order chi connectivity index (χ0) is 21.7. The van der Waals surface area contributed by atoms with Crippen LogP contribution in [0.3, 0.4) is 0 Å². The summed E-state index contributed by atoms with van der Waals surface area (Å²) in [5.74, 6) is 1.84. The molecule has 6 nitrogen and oxygen atoms in total. The zero-order valence-corrected chi connectivity index (χ0v) is 18.8. The predicted molar refractivity (Wildman–Crippen MR) is 119 cm³/mol. The van der Waals surface area contributed by atoms with Crippen LogP contribution >= 0.6 is 23.4 Å². The van der Waals surface area contributed by atoms with Crippen molar-refractivity contribution in [3.8, 4) is 17.2 Å². The minimum atomic E-state index is -0.859. The predicted octanol–water partition coefficient (Wildman–Crippen LogP) is 4.72. The number of carboxylic acids is 1. The van der Waals surface area contributed by atoms with Gasteiger partial charge in [-0.15, -0.1) is 11.8 Å². The summed E-state index contributed by atoms with van der Waals surface area (Å²) in [6, 6.07) is 11.0. The van der Waals surface area contributed by atoms with E-state index in [2.05, 4.69) is 31.3 Å². The smallest absolute Gasteiger partial charge is 0.321 e. The Hall–Kier alpha value is -2.09. The second-order valence-corrected chi connectivity index (χ2v) is 8.77. The molecule has 2 atom stereocenters. The van der Waals surface area contributed by atoms with Crippen molar-refractivity contribution in [2.24, 2.45) is 0 Å². The van der Waals surface area contributed by atoms with Gasteiger partial charge in [-0.2, -0.15) is 0 Å². The molecule has 0 spiro atoms. The third kappa shape index (κ3) is 5.53. The molecule has 2 N–H and O–H groups in total. The van der Waals surface area contributed by atoms with Crippen LogP contribution in [0.15, 0.2) is 36.4 Å². The first-order valence-corrected chi connectivity index (χ1v) is 11.1. The highest BCUT2D eigenvalue weighted by atomic mass is 35.5. The fourth-order valence-corrected chi connectivity index (χ4v) is 4.58. The van der Waals surface area contributed by atoms with E-state index in [1.54, 1.807) is 13.2 Å². The molecule has 1 aliphatic heterocycles. The second kappa shape index (κ2) is 10.3. The number of hydrogen-bond acceptors (Lipinski definition) is 6. The van der Waals surface area contributed by atoms with Gasteiger partial charge in [-0.3, -0.25) is 10.1 Å². The summed E-state index contributed by atoms with van der Waals surface area (Å²) < 4.78 is 17.0. The van der Waals surface area contributed by atoms with E-state index in [-0.39, 0.29) is 5.37 Å². The molecule has 1 heterocycles. The molecular weight excluding hydrogens is 426 g/mol. The molecule has 1 aliphatic rings. The Balaban J connectivity index is 1.58. The van der Waals surface area contributed by atoms with Crippen molar-refractivity contribution in [1.82, 2.24) is 5.32 Å². The number of rotatable bonds is 9. The Morgan fingerprint density at radius 3 is 2.53 bits per heavy atom. The number of thioether (sulfide) groups is 1. The van der Waals surface area contributed by atoms with Gasteiger partial charge in [0.25, 0.3) is 0 Å². The molecule has 1 saturated heterocycles. The molecule has 2 aromatic carbocycles. The average molecular weight is 452 g/mol. The van der Waals surface area contributed by atoms with E-state index >= 15 is 0 Å². The van der Waals surface area contributed by atoms with Crippen LogP contribution in [0.4, 0.5) is 0 Å². The maximum Gasteiger partial charge on any atom is 0.321 e. The number of carbonyl (C=O) groups is 1. The van der Waals surface area contributed by atoms with Crippen molar-refractivity contribution in [2.45, 2.75) is 31.2 Å². The lowest BCUT2D eigenvalue weighted by Gasteiger charge is -2.17. The number of benzene rings is 2. The molecule has 0 bridgehead atoms. The van der Waals surface area contributed by atoms with Gasteiger partial charge in [-0.25, -0.2) is 0 Å². The first-order valence-electron chi connectivity index (χ1n) is 9.72. The summed E-state index contributed by atoms with van der Waals surface area (Å²) in [4.78, 5) is 11.2. The molecule has 162 valence electrons. The van der Waals surface area contributed by atoms with E-state index in [0.29, 0.717) is 41.4 Å². The number of hydrogen-bond donors (Lipinski definition) is 2. The topological polar surface area (TPSA) is 77.0 Å². The normalized spacial score (nSPS) is 18.4. The maximum atomic E-state index is 11.2. The Bertz CT molecular complexity index is 875. The number of carboxylic acid groups (broad SMARTS) is 1. The van der Waals surface area contributed by atoms with Gasteiger partial charge in [-0.05, 0) is 41.3 Å². The third-order valence-corrected chi connectivity index (χ3v) is 6.33. The van der Waals surface area contributed by atoms with Crippen molar-refractivity contribution in [3.63, 3.8) is 0 Å². The van der Waals surface area contributed by atoms with Crippen molar-refractivity contribution < 1.29 is 24.1 Å². The minimum Gasteiger partial charge on any atom is -0.493 e. The molecule has 0 radical (unpaired) electrons. The molecule has 2 unspecified atom stereocenters. The lowest BCUT2D eigenvalue weighted by molar-refractivity contribution is -0.138. The van der Waals surface area contributed by atoms with Gasteiger partial charge in [0.1, 0.15) is 25.0 Å². The molecule has 0 aromatic heterocycles. The second-order valence-electron chi connectivity index (χ2n) is 7.23. The van der Waals surface area contributed by atoms with E-state index in [9.17, 15) is 4.79 Å². The molecule has 0 amide bonds. The third-order valence-electron chi connectivity index (χ3n) is 4.78. The SMILES string of the molecule is COc1cc(C2NC(C(=O)O)CS2)cc(Cl)c1OCCOc1ccc(C(C)C)cc1. The Morgan fingerprint density at radius 1 is 1.23 bits per heavy atom. The molecule has 0 aliphatic carbocycles. The van der Waals surface area contributed by atoms with Gasteiger partial charge in [0, 0.05) is 5.75 Å². The number of nitrogens with one attached hydrogen (secondary N) is 1.